The van der Waals surface area contributed by atoms with Gasteiger partial charge in [-0.05, 0) is 48.7 Å². The van der Waals surface area contributed by atoms with E-state index in [4.69, 9.17) is 4.74 Å². The van der Waals surface area contributed by atoms with Crippen molar-refractivity contribution in [2.24, 2.45) is 0 Å². The highest BCUT2D eigenvalue weighted by atomic mass is 32.2. The average molecular weight is 382 g/mol. The minimum Gasteiger partial charge on any atom is -0.497 e. The molecular weight excluding hydrogens is 360 g/mol. The van der Waals surface area contributed by atoms with Gasteiger partial charge < -0.3 is 9.72 Å². The number of aromatic nitrogens is 1. The third kappa shape index (κ3) is 3.15. The summed E-state index contributed by atoms with van der Waals surface area (Å²) in [6.07, 6.45) is 4.72. The first-order valence-corrected chi connectivity index (χ1v) is 10.3. The van der Waals surface area contributed by atoms with E-state index in [-0.39, 0.29) is 0 Å². The van der Waals surface area contributed by atoms with Crippen molar-refractivity contribution in [1.82, 2.24) is 9.29 Å². The molecule has 0 aliphatic carbocycles. The summed E-state index contributed by atoms with van der Waals surface area (Å²) in [5.74, 6) is 0.659. The number of fused-ring (bicyclic) bond motifs is 1. The van der Waals surface area contributed by atoms with E-state index < -0.39 is 10.0 Å². The van der Waals surface area contributed by atoms with Crippen molar-refractivity contribution >= 4 is 26.5 Å². The van der Waals surface area contributed by atoms with Gasteiger partial charge in [0, 0.05) is 35.8 Å². The third-order valence-corrected chi connectivity index (χ3v) is 7.13. The van der Waals surface area contributed by atoms with Crippen molar-refractivity contribution in [2.75, 3.05) is 20.2 Å². The van der Waals surface area contributed by atoms with E-state index in [0.717, 1.165) is 11.1 Å². The molecule has 0 amide bonds. The van der Waals surface area contributed by atoms with E-state index in [0.29, 0.717) is 35.7 Å². The Labute approximate surface area is 159 Å². The van der Waals surface area contributed by atoms with Crippen LogP contribution in [0.4, 0.5) is 0 Å². The number of H-pyrrole nitrogens is 1. The van der Waals surface area contributed by atoms with Crippen LogP contribution >= 0.6 is 0 Å². The lowest BCUT2D eigenvalue weighted by Crippen LogP contribution is -2.35. The molecule has 0 saturated carbocycles. The Morgan fingerprint density at radius 1 is 1.15 bits per heavy atom. The number of hydrogen-bond acceptors (Lipinski definition) is 3. The molecule has 2 heterocycles. The molecule has 3 aromatic rings. The molecule has 1 aliphatic rings. The lowest BCUT2D eigenvalue weighted by molar-refractivity contribution is 0.413. The second-order valence-electron chi connectivity index (χ2n) is 6.72. The molecule has 1 N–H and O–H groups in total. The van der Waals surface area contributed by atoms with E-state index in [1.54, 1.807) is 36.5 Å². The molecule has 0 saturated heterocycles. The largest absolute Gasteiger partial charge is 0.497 e. The number of benzene rings is 2. The van der Waals surface area contributed by atoms with Gasteiger partial charge in [-0.2, -0.15) is 4.31 Å². The van der Waals surface area contributed by atoms with Crippen LogP contribution < -0.4 is 4.74 Å². The molecule has 27 heavy (non-hydrogen) atoms. The summed E-state index contributed by atoms with van der Waals surface area (Å²) in [5, 5.41) is 1.17. The number of rotatable bonds is 4. The van der Waals surface area contributed by atoms with Crippen LogP contribution in [-0.2, 0) is 10.0 Å². The Bertz CT molecular complexity index is 1130. The molecule has 0 atom stereocenters. The van der Waals surface area contributed by atoms with E-state index in [1.807, 2.05) is 30.5 Å². The number of ether oxygens (including phenoxy) is 1. The summed E-state index contributed by atoms with van der Waals surface area (Å²) in [6, 6.07) is 13.2. The van der Waals surface area contributed by atoms with E-state index >= 15 is 0 Å². The van der Waals surface area contributed by atoms with Crippen molar-refractivity contribution in [3.63, 3.8) is 0 Å². The highest BCUT2D eigenvalue weighted by Gasteiger charge is 2.28. The van der Waals surface area contributed by atoms with Gasteiger partial charge in [-0.15, -0.1) is 0 Å². The summed E-state index contributed by atoms with van der Waals surface area (Å²) < 4.78 is 32.8. The number of nitrogens with zero attached hydrogens (tertiary/aromatic N) is 1. The van der Waals surface area contributed by atoms with E-state index in [9.17, 15) is 8.42 Å². The van der Waals surface area contributed by atoms with E-state index in [1.165, 1.54) is 11.0 Å². The minimum atomic E-state index is -3.53. The zero-order valence-corrected chi connectivity index (χ0v) is 16.2. The summed E-state index contributed by atoms with van der Waals surface area (Å²) in [6.45, 7) is 2.65. The maximum absolute atomic E-state index is 13.1. The highest BCUT2D eigenvalue weighted by molar-refractivity contribution is 7.89. The minimum absolute atomic E-state index is 0.340. The Morgan fingerprint density at radius 2 is 1.96 bits per heavy atom. The van der Waals surface area contributed by atoms with Crippen LogP contribution in [0.15, 0.2) is 59.6 Å². The molecule has 0 fully saturated rings. The maximum atomic E-state index is 13.1. The van der Waals surface area contributed by atoms with Crippen molar-refractivity contribution < 1.29 is 13.2 Å². The van der Waals surface area contributed by atoms with Crippen LogP contribution in [0.3, 0.4) is 0 Å². The molecule has 4 rings (SSSR count). The first kappa shape index (κ1) is 17.8. The number of sulfonamides is 1. The molecule has 2 aromatic carbocycles. The first-order chi connectivity index (χ1) is 13.0. The van der Waals surface area contributed by atoms with Crippen molar-refractivity contribution in [2.45, 2.75) is 18.2 Å². The Morgan fingerprint density at radius 3 is 2.67 bits per heavy atom. The van der Waals surface area contributed by atoms with Crippen LogP contribution in [0.2, 0.25) is 0 Å². The van der Waals surface area contributed by atoms with Crippen LogP contribution in [0.25, 0.3) is 16.5 Å². The highest BCUT2D eigenvalue weighted by Crippen LogP contribution is 2.31. The lowest BCUT2D eigenvalue weighted by Gasteiger charge is -2.26. The molecule has 0 bridgehead atoms. The second kappa shape index (κ2) is 6.87. The summed E-state index contributed by atoms with van der Waals surface area (Å²) in [4.78, 5) is 3.63. The van der Waals surface area contributed by atoms with E-state index in [2.05, 4.69) is 11.1 Å². The average Bonchev–Trinajstić information content (AvgIpc) is 3.12. The normalized spacial score (nSPS) is 15.7. The molecule has 0 spiro atoms. The first-order valence-electron chi connectivity index (χ1n) is 8.91. The summed E-state index contributed by atoms with van der Waals surface area (Å²) >= 11 is 0. The molecule has 140 valence electrons. The zero-order valence-electron chi connectivity index (χ0n) is 15.4. The second-order valence-corrected chi connectivity index (χ2v) is 8.63. The Hall–Kier alpha value is -2.57. The zero-order chi connectivity index (χ0) is 19.0. The van der Waals surface area contributed by atoms with Gasteiger partial charge in [-0.1, -0.05) is 24.3 Å². The SMILES string of the molecule is COc1ccc(S(=O)(=O)N2CC=C(c3c[nH]c4ccccc34)CC2)c(C)c1. The maximum Gasteiger partial charge on any atom is 0.243 e. The molecule has 0 unspecified atom stereocenters. The standard InChI is InChI=1S/C21H22N2O3S/c1-15-13-17(26-2)7-8-21(15)27(24,25)23-11-9-16(10-12-23)19-14-22-20-6-4-3-5-18(19)20/h3-9,13-14,22H,10-12H2,1-2H3. The van der Waals surface area contributed by atoms with Crippen LogP contribution in [0.1, 0.15) is 17.5 Å². The van der Waals surface area contributed by atoms with Gasteiger partial charge in [0.15, 0.2) is 0 Å². The quantitative estimate of drug-likeness (QED) is 0.743. The number of methoxy groups -OCH3 is 1. The van der Waals surface area contributed by atoms with Gasteiger partial charge >= 0.3 is 0 Å². The van der Waals surface area contributed by atoms with Crippen LogP contribution in [-0.4, -0.2) is 37.9 Å². The van der Waals surface area contributed by atoms with Gasteiger partial charge in [0.2, 0.25) is 10.0 Å². The fourth-order valence-electron chi connectivity index (χ4n) is 3.63. The fourth-order valence-corrected chi connectivity index (χ4v) is 5.21. The number of aromatic amines is 1. The number of hydrogen-bond donors (Lipinski definition) is 1. The van der Waals surface area contributed by atoms with Gasteiger partial charge in [0.05, 0.1) is 12.0 Å². The molecular formula is C21H22N2O3S. The summed E-state index contributed by atoms with van der Waals surface area (Å²) in [5.41, 5.74) is 4.13. The van der Waals surface area contributed by atoms with Gasteiger partial charge in [0.1, 0.15) is 5.75 Å². The molecule has 0 radical (unpaired) electrons. The molecule has 1 aliphatic heterocycles. The van der Waals surface area contributed by atoms with Gasteiger partial charge in [-0.25, -0.2) is 8.42 Å². The molecule has 1 aromatic heterocycles. The van der Waals surface area contributed by atoms with Crippen molar-refractivity contribution in [1.29, 1.82) is 0 Å². The third-order valence-electron chi connectivity index (χ3n) is 5.11. The fraction of sp³-hybridized carbons (Fsp3) is 0.238. The monoisotopic (exact) mass is 382 g/mol. The number of aryl methyl sites for hydroxylation is 1. The smallest absolute Gasteiger partial charge is 0.243 e. The Kier molecular flexibility index (Phi) is 4.53. The van der Waals surface area contributed by atoms with Gasteiger partial charge in [-0.3, -0.25) is 0 Å². The molecule has 5 nitrogen and oxygen atoms in total. The van der Waals surface area contributed by atoms with Crippen molar-refractivity contribution in [3.8, 4) is 5.75 Å². The Balaban J connectivity index is 1.61. The van der Waals surface area contributed by atoms with Crippen molar-refractivity contribution in [3.05, 3.63) is 65.9 Å². The lowest BCUT2D eigenvalue weighted by atomic mass is 10.00. The van der Waals surface area contributed by atoms with Crippen LogP contribution in [0, 0.1) is 6.92 Å². The topological polar surface area (TPSA) is 62.4 Å². The van der Waals surface area contributed by atoms with Crippen LogP contribution in [0.5, 0.6) is 5.75 Å². The number of para-hydroxylation sites is 1. The molecule has 6 heteroatoms. The predicted molar refractivity (Wildman–Crippen MR) is 107 cm³/mol. The van der Waals surface area contributed by atoms with Gasteiger partial charge in [0.25, 0.3) is 0 Å². The number of nitrogens with one attached hydrogen (secondary N) is 1. The predicted octanol–water partition coefficient (Wildman–Crippen LogP) is 3.96. The summed E-state index contributed by atoms with van der Waals surface area (Å²) in [7, 11) is -1.95.